The molecule has 0 bridgehead atoms. The number of hydrogen-bond donors (Lipinski definition) is 1. The number of aromatic nitrogens is 1. The zero-order valence-electron chi connectivity index (χ0n) is 12.3. The number of nitrogens with zero attached hydrogens (tertiary/aromatic N) is 2. The van der Waals surface area contributed by atoms with Gasteiger partial charge in [0.05, 0.1) is 25.5 Å². The van der Waals surface area contributed by atoms with E-state index in [1.807, 2.05) is 18.3 Å². The minimum Gasteiger partial charge on any atom is -0.468 e. The van der Waals surface area contributed by atoms with Crippen LogP contribution in [-0.2, 0) is 17.8 Å². The fraction of sp³-hybridized carbons (Fsp3) is 0.438. The molecule has 3 heterocycles. The molecule has 1 atom stereocenters. The van der Waals surface area contributed by atoms with Gasteiger partial charge in [0.2, 0.25) is 0 Å². The van der Waals surface area contributed by atoms with E-state index >= 15 is 0 Å². The number of ether oxygens (including phenoxy) is 1. The molecule has 21 heavy (non-hydrogen) atoms. The van der Waals surface area contributed by atoms with Crippen LogP contribution in [0.5, 0.6) is 0 Å². The lowest BCUT2D eigenvalue weighted by Gasteiger charge is -2.32. The quantitative estimate of drug-likeness (QED) is 0.913. The number of furan rings is 1. The molecular formula is C16H21N3O2. The Balaban J connectivity index is 1.51. The third-order valence-electron chi connectivity index (χ3n) is 3.58. The largest absolute Gasteiger partial charge is 0.468 e. The Morgan fingerprint density at radius 2 is 2.29 bits per heavy atom. The highest BCUT2D eigenvalue weighted by Crippen LogP contribution is 2.15. The van der Waals surface area contributed by atoms with E-state index in [9.17, 15) is 0 Å². The molecule has 3 rings (SSSR count). The first kappa shape index (κ1) is 14.1. The van der Waals surface area contributed by atoms with Crippen LogP contribution < -0.4 is 10.2 Å². The van der Waals surface area contributed by atoms with Gasteiger partial charge in [0.15, 0.2) is 0 Å². The Morgan fingerprint density at radius 1 is 1.33 bits per heavy atom. The fourth-order valence-electron chi connectivity index (χ4n) is 2.48. The van der Waals surface area contributed by atoms with Crippen LogP contribution in [0.4, 0.5) is 5.82 Å². The molecule has 1 aliphatic rings. The molecular weight excluding hydrogens is 266 g/mol. The molecule has 0 amide bonds. The molecule has 0 aliphatic carbocycles. The maximum absolute atomic E-state index is 5.55. The molecule has 0 spiro atoms. The second-order valence-electron chi connectivity index (χ2n) is 5.33. The molecule has 0 saturated carbocycles. The molecule has 1 aliphatic heterocycles. The second-order valence-corrected chi connectivity index (χ2v) is 5.33. The van der Waals surface area contributed by atoms with Crippen molar-refractivity contribution < 1.29 is 9.15 Å². The molecule has 1 unspecified atom stereocenters. The standard InChI is InChI=1S/C16H21N3O2/c1-13-12-19(6-8-20-13)16-5-4-14(10-18-16)9-17-11-15-3-2-7-21-15/h2-5,7,10,13,17H,6,8-9,11-12H2,1H3. The van der Waals surface area contributed by atoms with Gasteiger partial charge in [0, 0.05) is 25.8 Å². The third-order valence-corrected chi connectivity index (χ3v) is 3.58. The Kier molecular flexibility index (Phi) is 4.52. The lowest BCUT2D eigenvalue weighted by Crippen LogP contribution is -2.41. The third kappa shape index (κ3) is 3.83. The summed E-state index contributed by atoms with van der Waals surface area (Å²) < 4.78 is 10.8. The number of anilines is 1. The molecule has 1 saturated heterocycles. The van der Waals surface area contributed by atoms with Gasteiger partial charge < -0.3 is 19.4 Å². The van der Waals surface area contributed by atoms with Crippen molar-refractivity contribution in [3.8, 4) is 0 Å². The van der Waals surface area contributed by atoms with Crippen molar-refractivity contribution in [2.75, 3.05) is 24.6 Å². The molecule has 5 heteroatoms. The molecule has 2 aromatic heterocycles. The summed E-state index contributed by atoms with van der Waals surface area (Å²) in [6.07, 6.45) is 3.90. The minimum absolute atomic E-state index is 0.273. The molecule has 1 N–H and O–H groups in total. The number of rotatable bonds is 5. The molecule has 0 aromatic carbocycles. The lowest BCUT2D eigenvalue weighted by molar-refractivity contribution is 0.0529. The summed E-state index contributed by atoms with van der Waals surface area (Å²) in [5, 5.41) is 3.34. The van der Waals surface area contributed by atoms with E-state index in [4.69, 9.17) is 9.15 Å². The summed E-state index contributed by atoms with van der Waals surface area (Å²) in [6, 6.07) is 8.07. The van der Waals surface area contributed by atoms with Crippen molar-refractivity contribution in [2.45, 2.75) is 26.1 Å². The summed E-state index contributed by atoms with van der Waals surface area (Å²) in [4.78, 5) is 6.83. The van der Waals surface area contributed by atoms with Crippen molar-refractivity contribution >= 4 is 5.82 Å². The second kappa shape index (κ2) is 6.74. The van der Waals surface area contributed by atoms with Crippen LogP contribution in [0.15, 0.2) is 41.1 Å². The summed E-state index contributed by atoms with van der Waals surface area (Å²) in [5.41, 5.74) is 1.17. The average Bonchev–Trinajstić information content (AvgIpc) is 3.01. The van der Waals surface area contributed by atoms with Crippen LogP contribution in [0.2, 0.25) is 0 Å². The first-order valence-corrected chi connectivity index (χ1v) is 7.36. The van der Waals surface area contributed by atoms with Gasteiger partial charge in [0.25, 0.3) is 0 Å². The lowest BCUT2D eigenvalue weighted by atomic mass is 10.2. The summed E-state index contributed by atoms with van der Waals surface area (Å²) in [5.74, 6) is 1.97. The van der Waals surface area contributed by atoms with E-state index in [1.165, 1.54) is 5.56 Å². The van der Waals surface area contributed by atoms with Crippen molar-refractivity contribution in [3.63, 3.8) is 0 Å². The predicted molar refractivity (Wildman–Crippen MR) is 81.1 cm³/mol. The first-order chi connectivity index (χ1) is 10.3. The van der Waals surface area contributed by atoms with Gasteiger partial charge in [-0.15, -0.1) is 0 Å². The van der Waals surface area contributed by atoms with E-state index in [2.05, 4.69) is 34.3 Å². The van der Waals surface area contributed by atoms with E-state index < -0.39 is 0 Å². The Bertz CT molecular complexity index is 539. The van der Waals surface area contributed by atoms with Crippen LogP contribution in [-0.4, -0.2) is 30.8 Å². The van der Waals surface area contributed by atoms with Gasteiger partial charge in [0.1, 0.15) is 11.6 Å². The van der Waals surface area contributed by atoms with Crippen molar-refractivity contribution in [3.05, 3.63) is 48.0 Å². The zero-order valence-corrected chi connectivity index (χ0v) is 12.3. The van der Waals surface area contributed by atoms with E-state index in [-0.39, 0.29) is 6.10 Å². The monoisotopic (exact) mass is 287 g/mol. The summed E-state index contributed by atoms with van der Waals surface area (Å²) >= 11 is 0. The van der Waals surface area contributed by atoms with E-state index in [0.717, 1.165) is 44.4 Å². The average molecular weight is 287 g/mol. The van der Waals surface area contributed by atoms with Crippen LogP contribution >= 0.6 is 0 Å². The first-order valence-electron chi connectivity index (χ1n) is 7.36. The molecule has 2 aromatic rings. The Morgan fingerprint density at radius 3 is 3.00 bits per heavy atom. The van der Waals surface area contributed by atoms with Crippen molar-refractivity contribution in [1.29, 1.82) is 0 Å². The van der Waals surface area contributed by atoms with Crippen molar-refractivity contribution in [2.24, 2.45) is 0 Å². The Labute approximate surface area is 124 Å². The van der Waals surface area contributed by atoms with Gasteiger partial charge in [-0.05, 0) is 30.7 Å². The maximum atomic E-state index is 5.55. The van der Waals surface area contributed by atoms with Crippen LogP contribution in [0.25, 0.3) is 0 Å². The van der Waals surface area contributed by atoms with Gasteiger partial charge in [-0.2, -0.15) is 0 Å². The number of nitrogens with one attached hydrogen (secondary N) is 1. The van der Waals surface area contributed by atoms with Gasteiger partial charge in [-0.25, -0.2) is 4.98 Å². The van der Waals surface area contributed by atoms with Gasteiger partial charge >= 0.3 is 0 Å². The van der Waals surface area contributed by atoms with Crippen LogP contribution in [0.1, 0.15) is 18.2 Å². The zero-order chi connectivity index (χ0) is 14.5. The summed E-state index contributed by atoms with van der Waals surface area (Å²) in [7, 11) is 0. The highest BCUT2D eigenvalue weighted by molar-refractivity contribution is 5.39. The van der Waals surface area contributed by atoms with E-state index in [1.54, 1.807) is 6.26 Å². The Hall–Kier alpha value is -1.85. The van der Waals surface area contributed by atoms with Gasteiger partial charge in [-0.3, -0.25) is 0 Å². The maximum Gasteiger partial charge on any atom is 0.128 e. The molecule has 1 fully saturated rings. The van der Waals surface area contributed by atoms with Gasteiger partial charge in [-0.1, -0.05) is 6.07 Å². The number of pyridine rings is 1. The molecule has 0 radical (unpaired) electrons. The normalized spacial score (nSPS) is 18.9. The predicted octanol–water partition coefficient (Wildman–Crippen LogP) is 2.19. The molecule has 5 nitrogen and oxygen atoms in total. The van der Waals surface area contributed by atoms with Crippen LogP contribution in [0, 0.1) is 0 Å². The van der Waals surface area contributed by atoms with E-state index in [0.29, 0.717) is 0 Å². The minimum atomic E-state index is 0.273. The highest BCUT2D eigenvalue weighted by atomic mass is 16.5. The number of morpholine rings is 1. The topological polar surface area (TPSA) is 50.5 Å². The molecule has 112 valence electrons. The SMILES string of the molecule is CC1CN(c2ccc(CNCc3ccco3)cn2)CCO1. The highest BCUT2D eigenvalue weighted by Gasteiger charge is 2.17. The van der Waals surface area contributed by atoms with Crippen molar-refractivity contribution in [1.82, 2.24) is 10.3 Å². The number of hydrogen-bond acceptors (Lipinski definition) is 5. The smallest absolute Gasteiger partial charge is 0.128 e. The fourth-order valence-corrected chi connectivity index (χ4v) is 2.48. The van der Waals surface area contributed by atoms with Crippen LogP contribution in [0.3, 0.4) is 0 Å². The summed E-state index contributed by atoms with van der Waals surface area (Å²) in [6.45, 7) is 6.20.